The molecule has 1 aromatic rings. The first-order valence-corrected chi connectivity index (χ1v) is 6.31. The van der Waals surface area contributed by atoms with Gasteiger partial charge in [-0.05, 0) is 34.7 Å². The number of methoxy groups -OCH3 is 1. The summed E-state index contributed by atoms with van der Waals surface area (Å²) < 4.78 is 5.73. The Balaban J connectivity index is 2.67. The number of hydrogen-bond donors (Lipinski definition) is 1. The first-order valence-electron chi connectivity index (χ1n) is 5.23. The molecule has 0 spiro atoms. The van der Waals surface area contributed by atoms with E-state index < -0.39 is 6.10 Å². The quantitative estimate of drug-likeness (QED) is 0.817. The van der Waals surface area contributed by atoms with Gasteiger partial charge in [-0.15, -0.1) is 0 Å². The zero-order chi connectivity index (χ0) is 12.8. The van der Waals surface area contributed by atoms with Crippen LogP contribution in [0.2, 0.25) is 0 Å². The molecule has 1 rings (SSSR count). The van der Waals surface area contributed by atoms with Gasteiger partial charge < -0.3 is 14.7 Å². The smallest absolute Gasteiger partial charge is 0.254 e. The summed E-state index contributed by atoms with van der Waals surface area (Å²) in [4.78, 5) is 13.6. The third-order valence-electron chi connectivity index (χ3n) is 2.29. The molecular weight excluding hydrogens is 333 g/mol. The van der Waals surface area contributed by atoms with Crippen LogP contribution in [0.5, 0.6) is 0 Å². The highest BCUT2D eigenvalue weighted by atomic mass is 127. The zero-order valence-corrected chi connectivity index (χ0v) is 12.0. The number of hydrogen-bond acceptors (Lipinski definition) is 3. The van der Waals surface area contributed by atoms with Gasteiger partial charge in [-0.1, -0.05) is 12.1 Å². The van der Waals surface area contributed by atoms with Gasteiger partial charge in [0.25, 0.3) is 5.91 Å². The molecule has 1 N–H and O–H groups in total. The molecule has 0 fully saturated rings. The van der Waals surface area contributed by atoms with E-state index in [0.29, 0.717) is 5.56 Å². The van der Waals surface area contributed by atoms with Crippen LogP contribution < -0.4 is 0 Å². The van der Waals surface area contributed by atoms with E-state index >= 15 is 0 Å². The summed E-state index contributed by atoms with van der Waals surface area (Å²) >= 11 is 2.12. The van der Waals surface area contributed by atoms with Gasteiger partial charge in [0.15, 0.2) is 0 Å². The Labute approximate surface area is 115 Å². The number of amides is 1. The second-order valence-corrected chi connectivity index (χ2v) is 4.94. The number of ether oxygens (including phenoxy) is 1. The summed E-state index contributed by atoms with van der Waals surface area (Å²) in [6.07, 6.45) is -0.657. The van der Waals surface area contributed by atoms with E-state index in [4.69, 9.17) is 4.74 Å². The second-order valence-electron chi connectivity index (χ2n) is 3.77. The number of nitrogens with zero attached hydrogens (tertiary/aromatic N) is 1. The van der Waals surface area contributed by atoms with Gasteiger partial charge in [-0.3, -0.25) is 4.79 Å². The van der Waals surface area contributed by atoms with Crippen molar-refractivity contribution in [3.05, 3.63) is 33.4 Å². The molecule has 0 heterocycles. The fourth-order valence-electron chi connectivity index (χ4n) is 1.48. The molecule has 0 aliphatic rings. The predicted octanol–water partition coefficient (Wildman–Crippen LogP) is 1.37. The van der Waals surface area contributed by atoms with Crippen molar-refractivity contribution in [3.63, 3.8) is 0 Å². The highest BCUT2D eigenvalue weighted by Gasteiger charge is 2.17. The molecule has 0 bridgehead atoms. The van der Waals surface area contributed by atoms with Gasteiger partial charge in [-0.2, -0.15) is 0 Å². The number of halogens is 1. The molecule has 17 heavy (non-hydrogen) atoms. The average molecular weight is 349 g/mol. The standard InChI is InChI=1S/C12H16INO3/c1-14(7-9(15)8-17-2)12(16)10-5-3-4-6-11(10)13/h3-6,9,15H,7-8H2,1-2H3. The van der Waals surface area contributed by atoms with Crippen LogP contribution in [0.25, 0.3) is 0 Å². The van der Waals surface area contributed by atoms with Crippen LogP contribution in [0, 0.1) is 3.57 Å². The van der Waals surface area contributed by atoms with Crippen molar-refractivity contribution in [1.29, 1.82) is 0 Å². The Morgan fingerprint density at radius 2 is 2.18 bits per heavy atom. The lowest BCUT2D eigenvalue weighted by Crippen LogP contribution is -2.36. The van der Waals surface area contributed by atoms with Crippen LogP contribution in [-0.2, 0) is 4.74 Å². The van der Waals surface area contributed by atoms with Gasteiger partial charge in [0.2, 0.25) is 0 Å². The topological polar surface area (TPSA) is 49.8 Å². The van der Waals surface area contributed by atoms with Crippen molar-refractivity contribution in [2.75, 3.05) is 27.3 Å². The van der Waals surface area contributed by atoms with Crippen LogP contribution in [0.3, 0.4) is 0 Å². The first-order chi connectivity index (χ1) is 8.06. The number of carbonyl (C=O) groups is 1. The molecule has 1 amide bonds. The van der Waals surface area contributed by atoms with Crippen LogP contribution in [-0.4, -0.2) is 49.3 Å². The third-order valence-corrected chi connectivity index (χ3v) is 3.24. The maximum absolute atomic E-state index is 12.1. The summed E-state index contributed by atoms with van der Waals surface area (Å²) in [6.45, 7) is 0.487. The largest absolute Gasteiger partial charge is 0.389 e. The van der Waals surface area contributed by atoms with E-state index in [2.05, 4.69) is 22.6 Å². The molecule has 0 radical (unpaired) electrons. The van der Waals surface area contributed by atoms with E-state index in [-0.39, 0.29) is 19.1 Å². The Bertz CT molecular complexity index is 384. The summed E-state index contributed by atoms with van der Waals surface area (Å²) in [5.74, 6) is -0.0925. The monoisotopic (exact) mass is 349 g/mol. The number of rotatable bonds is 5. The number of carbonyl (C=O) groups excluding carboxylic acids is 1. The number of likely N-dealkylation sites (N-methyl/N-ethyl adjacent to an activating group) is 1. The van der Waals surface area contributed by atoms with Gasteiger partial charge in [0, 0.05) is 24.3 Å². The summed E-state index contributed by atoms with van der Waals surface area (Å²) in [7, 11) is 3.19. The van der Waals surface area contributed by atoms with Gasteiger partial charge >= 0.3 is 0 Å². The van der Waals surface area contributed by atoms with Crippen molar-refractivity contribution in [2.24, 2.45) is 0 Å². The lowest BCUT2D eigenvalue weighted by atomic mass is 10.2. The first kappa shape index (κ1) is 14.4. The van der Waals surface area contributed by atoms with Crippen LogP contribution >= 0.6 is 22.6 Å². The molecule has 4 nitrogen and oxygen atoms in total. The minimum Gasteiger partial charge on any atom is -0.389 e. The van der Waals surface area contributed by atoms with Gasteiger partial charge in [-0.25, -0.2) is 0 Å². The predicted molar refractivity (Wildman–Crippen MR) is 74.0 cm³/mol. The van der Waals surface area contributed by atoms with Crippen LogP contribution in [0.15, 0.2) is 24.3 Å². The Morgan fingerprint density at radius 3 is 2.76 bits per heavy atom. The minimum atomic E-state index is -0.657. The Morgan fingerprint density at radius 1 is 1.53 bits per heavy atom. The molecule has 0 aromatic heterocycles. The van der Waals surface area contributed by atoms with Gasteiger partial charge in [0.05, 0.1) is 18.3 Å². The molecular formula is C12H16INO3. The molecule has 0 aliphatic heterocycles. The zero-order valence-electron chi connectivity index (χ0n) is 9.89. The molecule has 1 unspecified atom stereocenters. The molecule has 1 atom stereocenters. The van der Waals surface area contributed by atoms with E-state index in [1.54, 1.807) is 13.1 Å². The Kier molecular flexibility index (Phi) is 5.87. The fraction of sp³-hybridized carbons (Fsp3) is 0.417. The van der Waals surface area contributed by atoms with E-state index in [1.165, 1.54) is 12.0 Å². The number of aliphatic hydroxyl groups excluding tert-OH is 1. The number of aliphatic hydroxyl groups is 1. The van der Waals surface area contributed by atoms with Gasteiger partial charge in [0.1, 0.15) is 0 Å². The minimum absolute atomic E-state index is 0.0925. The molecule has 5 heteroatoms. The third kappa shape index (κ3) is 4.25. The van der Waals surface area contributed by atoms with E-state index in [1.807, 2.05) is 18.2 Å². The molecule has 1 aromatic carbocycles. The fourth-order valence-corrected chi connectivity index (χ4v) is 2.10. The summed E-state index contributed by atoms with van der Waals surface area (Å²) in [6, 6.07) is 7.38. The lowest BCUT2D eigenvalue weighted by Gasteiger charge is -2.21. The normalized spacial score (nSPS) is 12.2. The van der Waals surface area contributed by atoms with Crippen molar-refractivity contribution in [2.45, 2.75) is 6.10 Å². The van der Waals surface area contributed by atoms with Crippen molar-refractivity contribution in [1.82, 2.24) is 4.90 Å². The second kappa shape index (κ2) is 6.93. The Hall–Kier alpha value is -0.660. The molecule has 94 valence electrons. The lowest BCUT2D eigenvalue weighted by molar-refractivity contribution is 0.0380. The SMILES string of the molecule is COCC(O)CN(C)C(=O)c1ccccc1I. The summed E-state index contributed by atoms with van der Waals surface area (Å²) in [5.41, 5.74) is 0.653. The van der Waals surface area contributed by atoms with Crippen LogP contribution in [0.4, 0.5) is 0 Å². The summed E-state index contributed by atoms with van der Waals surface area (Å²) in [5, 5.41) is 9.56. The van der Waals surface area contributed by atoms with E-state index in [9.17, 15) is 9.90 Å². The highest BCUT2D eigenvalue weighted by Crippen LogP contribution is 2.13. The van der Waals surface area contributed by atoms with E-state index in [0.717, 1.165) is 3.57 Å². The van der Waals surface area contributed by atoms with Crippen LogP contribution in [0.1, 0.15) is 10.4 Å². The van der Waals surface area contributed by atoms with Crippen molar-refractivity contribution in [3.8, 4) is 0 Å². The highest BCUT2D eigenvalue weighted by molar-refractivity contribution is 14.1. The maximum atomic E-state index is 12.1. The van der Waals surface area contributed by atoms with Crippen molar-refractivity contribution >= 4 is 28.5 Å². The average Bonchev–Trinajstić information content (AvgIpc) is 2.29. The van der Waals surface area contributed by atoms with Crippen molar-refractivity contribution < 1.29 is 14.6 Å². The number of benzene rings is 1. The maximum Gasteiger partial charge on any atom is 0.254 e. The molecule has 0 aliphatic carbocycles. The molecule has 0 saturated heterocycles. The molecule has 0 saturated carbocycles.